The number of amides is 3. The minimum atomic E-state index is -0.316. The third kappa shape index (κ3) is 3.10. The van der Waals surface area contributed by atoms with Gasteiger partial charge in [-0.15, -0.1) is 0 Å². The van der Waals surface area contributed by atoms with Crippen molar-refractivity contribution in [2.45, 2.75) is 44.6 Å². The van der Waals surface area contributed by atoms with E-state index in [0.717, 1.165) is 51.9 Å². The van der Waals surface area contributed by atoms with Gasteiger partial charge in [-0.05, 0) is 45.2 Å². The van der Waals surface area contributed by atoms with Gasteiger partial charge in [0.1, 0.15) is 0 Å². The average molecular weight is 293 g/mol. The number of nitrogens with zero attached hydrogens (tertiary/aromatic N) is 2. The predicted molar refractivity (Wildman–Crippen MR) is 76.3 cm³/mol. The van der Waals surface area contributed by atoms with Crippen molar-refractivity contribution in [2.75, 3.05) is 26.2 Å². The molecule has 1 atom stereocenters. The van der Waals surface area contributed by atoms with Crippen molar-refractivity contribution in [3.8, 4) is 0 Å². The first-order chi connectivity index (χ1) is 10.1. The Morgan fingerprint density at radius 1 is 1.00 bits per heavy atom. The van der Waals surface area contributed by atoms with Crippen LogP contribution >= 0.6 is 0 Å². The number of carbonyl (C=O) groups is 3. The SMILES string of the molecule is O=C1C[C@H](N2CCC(C(=O)N3CCCCC3)CC2)C(=O)N1. The second-order valence-corrected chi connectivity index (χ2v) is 6.33. The minimum Gasteiger partial charge on any atom is -0.342 e. The summed E-state index contributed by atoms with van der Waals surface area (Å²) in [5.41, 5.74) is 0. The molecule has 0 unspecified atom stereocenters. The lowest BCUT2D eigenvalue weighted by atomic mass is 9.93. The maximum Gasteiger partial charge on any atom is 0.244 e. The summed E-state index contributed by atoms with van der Waals surface area (Å²) in [5, 5.41) is 2.36. The fourth-order valence-electron chi connectivity index (χ4n) is 3.67. The summed E-state index contributed by atoms with van der Waals surface area (Å²) in [6.07, 6.45) is 5.33. The van der Waals surface area contributed by atoms with Crippen LogP contribution in [0.25, 0.3) is 0 Å². The van der Waals surface area contributed by atoms with Gasteiger partial charge in [-0.1, -0.05) is 0 Å². The normalized spacial score (nSPS) is 28.8. The van der Waals surface area contributed by atoms with Gasteiger partial charge in [0.15, 0.2) is 0 Å². The highest BCUT2D eigenvalue weighted by molar-refractivity contribution is 6.05. The molecule has 3 aliphatic heterocycles. The second kappa shape index (κ2) is 6.13. The fraction of sp³-hybridized carbons (Fsp3) is 0.800. The lowest BCUT2D eigenvalue weighted by Gasteiger charge is -2.37. The molecule has 0 saturated carbocycles. The van der Waals surface area contributed by atoms with E-state index < -0.39 is 0 Å². The highest BCUT2D eigenvalue weighted by atomic mass is 16.2. The third-order valence-electron chi connectivity index (χ3n) is 4.93. The van der Waals surface area contributed by atoms with Crippen molar-refractivity contribution < 1.29 is 14.4 Å². The standard InChI is InChI=1S/C15H23N3O3/c19-13-10-12(14(20)16-13)17-8-4-11(5-9-17)15(21)18-6-2-1-3-7-18/h11-12H,1-10H2,(H,16,19,20)/t12-/m0/s1. The quantitative estimate of drug-likeness (QED) is 0.735. The van der Waals surface area contributed by atoms with Gasteiger partial charge in [0, 0.05) is 19.0 Å². The molecular formula is C15H23N3O3. The van der Waals surface area contributed by atoms with Crippen molar-refractivity contribution in [2.24, 2.45) is 5.92 Å². The van der Waals surface area contributed by atoms with Crippen LogP contribution in [0.15, 0.2) is 0 Å². The maximum atomic E-state index is 12.5. The molecule has 0 aromatic carbocycles. The van der Waals surface area contributed by atoms with E-state index in [2.05, 4.69) is 10.2 Å². The number of hydrogen-bond acceptors (Lipinski definition) is 4. The molecule has 116 valence electrons. The summed E-state index contributed by atoms with van der Waals surface area (Å²) in [6.45, 7) is 3.27. The Labute approximate surface area is 124 Å². The van der Waals surface area contributed by atoms with E-state index in [1.807, 2.05) is 4.90 Å². The zero-order valence-corrected chi connectivity index (χ0v) is 12.3. The van der Waals surface area contributed by atoms with Crippen LogP contribution < -0.4 is 5.32 Å². The Hall–Kier alpha value is -1.43. The van der Waals surface area contributed by atoms with Crippen molar-refractivity contribution >= 4 is 17.7 Å². The lowest BCUT2D eigenvalue weighted by Crippen LogP contribution is -2.48. The van der Waals surface area contributed by atoms with Crippen LogP contribution in [-0.4, -0.2) is 59.7 Å². The number of carbonyl (C=O) groups excluding carboxylic acids is 3. The molecule has 3 heterocycles. The van der Waals surface area contributed by atoms with Crippen LogP contribution in [0.2, 0.25) is 0 Å². The summed E-state index contributed by atoms with van der Waals surface area (Å²) in [5.74, 6) is 0.0261. The van der Waals surface area contributed by atoms with Crippen molar-refractivity contribution in [3.63, 3.8) is 0 Å². The molecule has 6 heteroatoms. The van der Waals surface area contributed by atoms with E-state index in [1.54, 1.807) is 0 Å². The molecule has 3 rings (SSSR count). The molecule has 0 aromatic rings. The van der Waals surface area contributed by atoms with Crippen LogP contribution in [0.1, 0.15) is 38.5 Å². The Morgan fingerprint density at radius 3 is 2.24 bits per heavy atom. The third-order valence-corrected chi connectivity index (χ3v) is 4.93. The number of imide groups is 1. The number of nitrogens with one attached hydrogen (secondary N) is 1. The van der Waals surface area contributed by atoms with E-state index in [1.165, 1.54) is 6.42 Å². The fourth-order valence-corrected chi connectivity index (χ4v) is 3.67. The van der Waals surface area contributed by atoms with Gasteiger partial charge < -0.3 is 4.90 Å². The summed E-state index contributed by atoms with van der Waals surface area (Å²) < 4.78 is 0. The maximum absolute atomic E-state index is 12.5. The van der Waals surface area contributed by atoms with E-state index in [-0.39, 0.29) is 30.2 Å². The van der Waals surface area contributed by atoms with Crippen LogP contribution in [-0.2, 0) is 14.4 Å². The Kier molecular flexibility index (Phi) is 4.24. The molecule has 3 amide bonds. The largest absolute Gasteiger partial charge is 0.342 e. The van der Waals surface area contributed by atoms with E-state index >= 15 is 0 Å². The summed E-state index contributed by atoms with van der Waals surface area (Å²) in [7, 11) is 0. The van der Waals surface area contributed by atoms with E-state index in [4.69, 9.17) is 0 Å². The molecule has 6 nitrogen and oxygen atoms in total. The van der Waals surface area contributed by atoms with Crippen molar-refractivity contribution in [3.05, 3.63) is 0 Å². The van der Waals surface area contributed by atoms with Crippen LogP contribution in [0.4, 0.5) is 0 Å². The highest BCUT2D eigenvalue weighted by Gasteiger charge is 2.38. The monoisotopic (exact) mass is 293 g/mol. The van der Waals surface area contributed by atoms with E-state index in [9.17, 15) is 14.4 Å². The number of piperidine rings is 2. The van der Waals surface area contributed by atoms with Gasteiger partial charge in [0.2, 0.25) is 17.7 Å². The van der Waals surface area contributed by atoms with Gasteiger partial charge in [-0.25, -0.2) is 0 Å². The van der Waals surface area contributed by atoms with Gasteiger partial charge in [-0.2, -0.15) is 0 Å². The zero-order valence-electron chi connectivity index (χ0n) is 12.3. The highest BCUT2D eigenvalue weighted by Crippen LogP contribution is 2.24. The Bertz CT molecular complexity index is 437. The Morgan fingerprint density at radius 2 is 1.67 bits per heavy atom. The molecule has 0 radical (unpaired) electrons. The van der Waals surface area contributed by atoms with Gasteiger partial charge in [0.05, 0.1) is 12.5 Å². The molecule has 3 aliphatic rings. The first kappa shape index (κ1) is 14.5. The first-order valence-electron chi connectivity index (χ1n) is 8.01. The molecule has 0 bridgehead atoms. The molecule has 21 heavy (non-hydrogen) atoms. The van der Waals surface area contributed by atoms with Gasteiger partial charge in [-0.3, -0.25) is 24.6 Å². The van der Waals surface area contributed by atoms with Crippen LogP contribution in [0, 0.1) is 5.92 Å². The number of rotatable bonds is 2. The predicted octanol–water partition coefficient (Wildman–Crippen LogP) is 0.126. The Balaban J connectivity index is 1.51. The average Bonchev–Trinajstić information content (AvgIpc) is 2.86. The van der Waals surface area contributed by atoms with Gasteiger partial charge in [0.25, 0.3) is 0 Å². The molecule has 3 saturated heterocycles. The molecule has 0 aromatic heterocycles. The van der Waals surface area contributed by atoms with Crippen molar-refractivity contribution in [1.29, 1.82) is 0 Å². The first-order valence-corrected chi connectivity index (χ1v) is 8.01. The number of likely N-dealkylation sites (tertiary alicyclic amines) is 2. The molecule has 1 N–H and O–H groups in total. The molecule has 0 aliphatic carbocycles. The summed E-state index contributed by atoms with van der Waals surface area (Å²) in [6, 6.07) is -0.316. The summed E-state index contributed by atoms with van der Waals surface area (Å²) in [4.78, 5) is 39.5. The smallest absolute Gasteiger partial charge is 0.244 e. The van der Waals surface area contributed by atoms with Crippen molar-refractivity contribution in [1.82, 2.24) is 15.1 Å². The van der Waals surface area contributed by atoms with E-state index in [0.29, 0.717) is 5.91 Å². The van der Waals surface area contributed by atoms with Crippen LogP contribution in [0.5, 0.6) is 0 Å². The van der Waals surface area contributed by atoms with Gasteiger partial charge >= 0.3 is 0 Å². The topological polar surface area (TPSA) is 69.7 Å². The molecular weight excluding hydrogens is 270 g/mol. The second-order valence-electron chi connectivity index (χ2n) is 6.33. The van der Waals surface area contributed by atoms with Crippen LogP contribution in [0.3, 0.4) is 0 Å². The lowest BCUT2D eigenvalue weighted by molar-refractivity contribution is -0.138. The number of hydrogen-bond donors (Lipinski definition) is 1. The summed E-state index contributed by atoms with van der Waals surface area (Å²) >= 11 is 0. The molecule has 0 spiro atoms. The molecule has 3 fully saturated rings. The zero-order chi connectivity index (χ0) is 14.8. The minimum absolute atomic E-state index is 0.0968.